The smallest absolute Gasteiger partial charge is 0.192 e. The van der Waals surface area contributed by atoms with E-state index in [4.69, 9.17) is 14.1 Å². The van der Waals surface area contributed by atoms with Crippen LogP contribution in [-0.4, -0.2) is 30.1 Å². The molecule has 0 saturated carbocycles. The first-order valence-corrected chi connectivity index (χ1v) is 16.0. The summed E-state index contributed by atoms with van der Waals surface area (Å²) in [6.45, 7) is 19.8. The number of halogens is 1. The molecule has 6 heteroatoms. The molecular formula is C28H39IN2O2Si. The summed E-state index contributed by atoms with van der Waals surface area (Å²) >= 11 is 2.36. The van der Waals surface area contributed by atoms with Crippen molar-refractivity contribution in [3.63, 3.8) is 0 Å². The summed E-state index contributed by atoms with van der Waals surface area (Å²) in [6.07, 6.45) is 0. The molecule has 0 aliphatic carbocycles. The standard InChI is InChI=1S/C28H39IN2O2Si/c1-9-32-19-24-30-26(29)25(23-17-15-22(16-18-23)21-13-11-10-12-14-21)31(24)20-28(5,6)33-34(7,8)27(2,3)4/h10-18H,9,19-20H2,1-8H3. The molecule has 0 atom stereocenters. The van der Waals surface area contributed by atoms with Crippen molar-refractivity contribution in [2.75, 3.05) is 6.61 Å². The average molecular weight is 591 g/mol. The Labute approximate surface area is 220 Å². The van der Waals surface area contributed by atoms with Crippen LogP contribution >= 0.6 is 22.6 Å². The molecule has 184 valence electrons. The fraction of sp³-hybridized carbons (Fsp3) is 0.464. The molecule has 3 aromatic rings. The molecule has 0 radical (unpaired) electrons. The fourth-order valence-corrected chi connectivity index (χ4v) is 6.56. The number of aromatic nitrogens is 2. The van der Waals surface area contributed by atoms with Gasteiger partial charge in [-0.25, -0.2) is 4.98 Å². The maximum absolute atomic E-state index is 6.88. The maximum Gasteiger partial charge on any atom is 0.192 e. The Kier molecular flexibility index (Phi) is 8.49. The molecular weight excluding hydrogens is 551 g/mol. The zero-order chi connectivity index (χ0) is 25.1. The highest BCUT2D eigenvalue weighted by Crippen LogP contribution is 2.40. The van der Waals surface area contributed by atoms with Crippen molar-refractivity contribution in [1.82, 2.24) is 9.55 Å². The Morgan fingerprint density at radius 2 is 1.44 bits per heavy atom. The molecule has 0 aliphatic rings. The van der Waals surface area contributed by atoms with E-state index in [2.05, 4.69) is 123 Å². The minimum atomic E-state index is -1.94. The van der Waals surface area contributed by atoms with Crippen LogP contribution in [0.5, 0.6) is 0 Å². The Bertz CT molecular complexity index is 1080. The van der Waals surface area contributed by atoms with E-state index in [-0.39, 0.29) is 10.6 Å². The van der Waals surface area contributed by atoms with Gasteiger partial charge in [0.1, 0.15) is 16.1 Å². The number of rotatable bonds is 9. The highest BCUT2D eigenvalue weighted by Gasteiger charge is 2.42. The SMILES string of the molecule is CCOCc1nc(I)c(-c2ccc(-c3ccccc3)cc2)n1CC(C)(C)O[Si](C)(C)C(C)(C)C. The molecule has 0 fully saturated rings. The zero-order valence-corrected chi connectivity index (χ0v) is 25.1. The third-order valence-corrected chi connectivity index (χ3v) is 12.0. The molecule has 0 amide bonds. The van der Waals surface area contributed by atoms with E-state index in [1.807, 2.05) is 13.0 Å². The highest BCUT2D eigenvalue weighted by molar-refractivity contribution is 14.1. The van der Waals surface area contributed by atoms with Gasteiger partial charge in [-0.2, -0.15) is 0 Å². The molecule has 0 spiro atoms. The van der Waals surface area contributed by atoms with Crippen molar-refractivity contribution in [1.29, 1.82) is 0 Å². The zero-order valence-electron chi connectivity index (χ0n) is 21.9. The lowest BCUT2D eigenvalue weighted by Gasteiger charge is -2.43. The van der Waals surface area contributed by atoms with Gasteiger partial charge >= 0.3 is 0 Å². The highest BCUT2D eigenvalue weighted by atomic mass is 127. The van der Waals surface area contributed by atoms with Crippen LogP contribution in [-0.2, 0) is 22.3 Å². The predicted octanol–water partition coefficient (Wildman–Crippen LogP) is 8.16. The predicted molar refractivity (Wildman–Crippen MR) is 154 cm³/mol. The van der Waals surface area contributed by atoms with Crippen LogP contribution in [0.3, 0.4) is 0 Å². The summed E-state index contributed by atoms with van der Waals surface area (Å²) in [5.74, 6) is 0.945. The quantitative estimate of drug-likeness (QED) is 0.186. The molecule has 0 bridgehead atoms. The lowest BCUT2D eigenvalue weighted by atomic mass is 10.0. The first-order chi connectivity index (χ1) is 15.8. The van der Waals surface area contributed by atoms with Gasteiger partial charge in [0.15, 0.2) is 8.32 Å². The number of nitrogens with zero attached hydrogens (tertiary/aromatic N) is 2. The Balaban J connectivity index is 1.99. The Hall–Kier alpha value is -1.48. The molecule has 0 aliphatic heterocycles. The number of ether oxygens (including phenoxy) is 1. The van der Waals surface area contributed by atoms with E-state index < -0.39 is 8.32 Å². The van der Waals surface area contributed by atoms with Crippen LogP contribution in [0.2, 0.25) is 18.1 Å². The van der Waals surface area contributed by atoms with E-state index in [9.17, 15) is 0 Å². The molecule has 0 unspecified atom stereocenters. The number of imidazole rings is 1. The Morgan fingerprint density at radius 1 is 0.882 bits per heavy atom. The maximum atomic E-state index is 6.88. The summed E-state index contributed by atoms with van der Waals surface area (Å²) in [6, 6.07) is 19.3. The minimum absolute atomic E-state index is 0.151. The summed E-state index contributed by atoms with van der Waals surface area (Å²) in [5.41, 5.74) is 4.37. The second kappa shape index (κ2) is 10.6. The topological polar surface area (TPSA) is 36.3 Å². The van der Waals surface area contributed by atoms with E-state index >= 15 is 0 Å². The summed E-state index contributed by atoms with van der Waals surface area (Å²) < 4.78 is 16.0. The lowest BCUT2D eigenvalue weighted by Crippen LogP contribution is -2.49. The third-order valence-electron chi connectivity index (χ3n) is 6.58. The molecule has 1 heterocycles. The summed E-state index contributed by atoms with van der Waals surface area (Å²) in [4.78, 5) is 4.91. The van der Waals surface area contributed by atoms with Crippen molar-refractivity contribution < 1.29 is 9.16 Å². The van der Waals surface area contributed by atoms with Crippen molar-refractivity contribution in [2.45, 2.75) is 78.4 Å². The first kappa shape index (κ1) is 27.1. The van der Waals surface area contributed by atoms with E-state index in [0.717, 1.165) is 20.8 Å². The van der Waals surface area contributed by atoms with Gasteiger partial charge in [0.25, 0.3) is 0 Å². The van der Waals surface area contributed by atoms with Gasteiger partial charge in [-0.05, 0) is 72.6 Å². The second-order valence-electron chi connectivity index (χ2n) is 11.0. The number of benzene rings is 2. The third kappa shape index (κ3) is 6.39. The number of hydrogen-bond donors (Lipinski definition) is 0. The van der Waals surface area contributed by atoms with Crippen molar-refractivity contribution in [2.24, 2.45) is 0 Å². The number of hydrogen-bond acceptors (Lipinski definition) is 3. The Morgan fingerprint density at radius 3 is 2.00 bits per heavy atom. The second-order valence-corrected chi connectivity index (χ2v) is 16.7. The molecule has 34 heavy (non-hydrogen) atoms. The summed E-state index contributed by atoms with van der Waals surface area (Å²) in [5, 5.41) is 0.151. The molecule has 3 rings (SSSR count). The van der Waals surface area contributed by atoms with Gasteiger partial charge in [0.05, 0.1) is 17.8 Å². The van der Waals surface area contributed by atoms with Crippen molar-refractivity contribution in [3.05, 3.63) is 64.1 Å². The van der Waals surface area contributed by atoms with E-state index in [1.165, 1.54) is 11.1 Å². The lowest BCUT2D eigenvalue weighted by molar-refractivity contribution is 0.0681. The monoisotopic (exact) mass is 590 g/mol. The molecule has 1 aromatic heterocycles. The van der Waals surface area contributed by atoms with Gasteiger partial charge in [0.2, 0.25) is 0 Å². The summed E-state index contributed by atoms with van der Waals surface area (Å²) in [7, 11) is -1.94. The fourth-order valence-electron chi connectivity index (χ4n) is 3.92. The van der Waals surface area contributed by atoms with Crippen LogP contribution in [0.1, 0.15) is 47.4 Å². The normalized spacial score (nSPS) is 12.9. The largest absolute Gasteiger partial charge is 0.410 e. The van der Waals surface area contributed by atoms with Gasteiger partial charge < -0.3 is 13.7 Å². The van der Waals surface area contributed by atoms with Gasteiger partial charge in [0, 0.05) is 12.2 Å². The minimum Gasteiger partial charge on any atom is -0.410 e. The average Bonchev–Trinajstić information content (AvgIpc) is 3.05. The van der Waals surface area contributed by atoms with Crippen LogP contribution in [0.4, 0.5) is 0 Å². The van der Waals surface area contributed by atoms with Gasteiger partial charge in [-0.15, -0.1) is 0 Å². The van der Waals surface area contributed by atoms with Crippen LogP contribution in [0.15, 0.2) is 54.6 Å². The molecule has 2 aromatic carbocycles. The van der Waals surface area contributed by atoms with Crippen LogP contribution < -0.4 is 0 Å². The van der Waals surface area contributed by atoms with Crippen molar-refractivity contribution >= 4 is 30.9 Å². The van der Waals surface area contributed by atoms with E-state index in [1.54, 1.807) is 0 Å². The van der Waals surface area contributed by atoms with Crippen LogP contribution in [0, 0.1) is 3.70 Å². The van der Waals surface area contributed by atoms with Crippen molar-refractivity contribution in [3.8, 4) is 22.4 Å². The first-order valence-electron chi connectivity index (χ1n) is 12.0. The molecule has 4 nitrogen and oxygen atoms in total. The van der Waals surface area contributed by atoms with Gasteiger partial charge in [-0.1, -0.05) is 75.4 Å². The van der Waals surface area contributed by atoms with Gasteiger partial charge in [-0.3, -0.25) is 0 Å². The molecule has 0 N–H and O–H groups in total. The van der Waals surface area contributed by atoms with E-state index in [0.29, 0.717) is 19.8 Å². The molecule has 0 saturated heterocycles. The van der Waals surface area contributed by atoms with Crippen LogP contribution in [0.25, 0.3) is 22.4 Å².